The molecule has 12 rings (SSSR count). The summed E-state index contributed by atoms with van der Waals surface area (Å²) < 4.78 is 130. The average molecular weight is 1690 g/mol. The Hall–Kier alpha value is -11.2. The number of benzene rings is 4. The molecule has 123 heavy (non-hydrogen) atoms. The van der Waals surface area contributed by atoms with Gasteiger partial charge in [0.2, 0.25) is 17.6 Å². The summed E-state index contributed by atoms with van der Waals surface area (Å²) in [6, 6.07) is 60.6. The van der Waals surface area contributed by atoms with E-state index in [2.05, 4.69) is 231 Å². The van der Waals surface area contributed by atoms with Gasteiger partial charge >= 0.3 is 12.4 Å². The van der Waals surface area contributed by atoms with Gasteiger partial charge in [0.05, 0.1) is 5.56 Å². The molecule has 8 heterocycles. The standard InChI is InChI=1S/C17H21NO.C15H15F2NO.C15H16FNO.C15H17N.C11H17N.2C10H12F3N.C10H15N/c1-12-8-6-10-15(13(12)2)19-16-14(17(3,4)5)9-7-11-18-16;1-15(2,3)11-5-4-8-18-14(11)19-13-7-6-10(16)9-12(13)17;1-15(2,3)11-7-6-10-17-14(11)18-13-9-5-4-8-12(13)16;1-15(2,3)14-10-9-13(11-16-14)12-7-5-4-6-8-12;1-5-9-7-6-8-10(12-9)11(2,3)4;1-9(2,3)8-5-4-7(6-14-8)10(11,12)13;1-9(2,3)7-5-4-6-8(14-7)10(11,12)13;1-8-6-5-7-9(11-8)10(2,3)4/h6-11H,1-5H3;4-9H,1-3H3;4-10H,1-3H3;4-11H,1-3H3;6-8H,5H2,1-4H3;2*4-6H,1-3H3;5-7H,1-4H3. The van der Waals surface area contributed by atoms with Crippen LogP contribution in [0.25, 0.3) is 11.1 Å². The predicted molar refractivity (Wildman–Crippen MR) is 482 cm³/mol. The zero-order valence-electron chi connectivity index (χ0n) is 76.9. The third-order valence-electron chi connectivity index (χ3n) is 18.5. The quantitative estimate of drug-likeness (QED) is 0.135. The van der Waals surface area contributed by atoms with E-state index in [0.717, 1.165) is 82.0 Å². The highest BCUT2D eigenvalue weighted by Gasteiger charge is 2.34. The molecular formula is C103H125F9N8O3. The van der Waals surface area contributed by atoms with E-state index in [1.807, 2.05) is 136 Å². The highest BCUT2D eigenvalue weighted by molar-refractivity contribution is 5.62. The Balaban J connectivity index is 0.000000251. The number of pyridine rings is 8. The molecule has 11 nitrogen and oxygen atoms in total. The first-order chi connectivity index (χ1) is 56.8. The molecule has 12 aromatic rings. The minimum absolute atomic E-state index is 0.0152. The summed E-state index contributed by atoms with van der Waals surface area (Å²) in [6.07, 6.45) is 0.179. The van der Waals surface area contributed by atoms with Crippen molar-refractivity contribution in [2.24, 2.45) is 0 Å². The van der Waals surface area contributed by atoms with Crippen molar-refractivity contribution in [3.63, 3.8) is 0 Å². The van der Waals surface area contributed by atoms with Crippen molar-refractivity contribution in [3.05, 3.63) is 334 Å². The molecule has 4 aromatic carbocycles. The van der Waals surface area contributed by atoms with Crippen LogP contribution < -0.4 is 14.2 Å². The van der Waals surface area contributed by atoms with Gasteiger partial charge in [-0.2, -0.15) is 26.3 Å². The number of hydrogen-bond acceptors (Lipinski definition) is 11. The number of aryl methyl sites for hydroxylation is 3. The summed E-state index contributed by atoms with van der Waals surface area (Å²) in [5.74, 6) is 0.756. The van der Waals surface area contributed by atoms with E-state index in [0.29, 0.717) is 29.0 Å². The molecule has 0 fully saturated rings. The van der Waals surface area contributed by atoms with Crippen molar-refractivity contribution in [3.8, 4) is 46.0 Å². The molecule has 8 aromatic heterocycles. The number of alkyl halides is 6. The third kappa shape index (κ3) is 34.2. The minimum Gasteiger partial charge on any atom is -0.438 e. The number of rotatable bonds is 8. The molecule has 0 atom stereocenters. The Bertz CT molecular complexity index is 5190. The summed E-state index contributed by atoms with van der Waals surface area (Å²) in [4.78, 5) is 33.6. The Morgan fingerprint density at radius 1 is 0.293 bits per heavy atom. The van der Waals surface area contributed by atoms with Crippen molar-refractivity contribution in [2.45, 2.75) is 256 Å². The molecule has 0 amide bonds. The first kappa shape index (κ1) is 102. The number of ether oxygens (including phenoxy) is 3. The number of aromatic nitrogens is 8. The van der Waals surface area contributed by atoms with Gasteiger partial charge in [0, 0.05) is 126 Å². The molecule has 0 bridgehead atoms. The van der Waals surface area contributed by atoms with Crippen LogP contribution in [0.2, 0.25) is 0 Å². The maximum Gasteiger partial charge on any atom is 0.433 e. The summed E-state index contributed by atoms with van der Waals surface area (Å²) in [7, 11) is 0. The fourth-order valence-electron chi connectivity index (χ4n) is 11.1. The lowest BCUT2D eigenvalue weighted by molar-refractivity contribution is -0.141. The molecule has 0 saturated carbocycles. The van der Waals surface area contributed by atoms with Gasteiger partial charge in [0.15, 0.2) is 23.1 Å². The second kappa shape index (κ2) is 43.8. The van der Waals surface area contributed by atoms with Gasteiger partial charge in [0.1, 0.15) is 17.3 Å². The van der Waals surface area contributed by atoms with Crippen LogP contribution in [0.15, 0.2) is 237 Å². The Morgan fingerprint density at radius 3 is 1.09 bits per heavy atom. The molecule has 0 saturated heterocycles. The Morgan fingerprint density at radius 2 is 0.691 bits per heavy atom. The van der Waals surface area contributed by atoms with E-state index < -0.39 is 35.2 Å². The number of hydrogen-bond donors (Lipinski definition) is 0. The smallest absolute Gasteiger partial charge is 0.433 e. The van der Waals surface area contributed by atoms with Gasteiger partial charge in [-0.1, -0.05) is 270 Å². The van der Waals surface area contributed by atoms with Crippen LogP contribution in [0.1, 0.15) is 252 Å². The van der Waals surface area contributed by atoms with Crippen LogP contribution in [0, 0.1) is 38.2 Å². The third-order valence-corrected chi connectivity index (χ3v) is 18.5. The second-order valence-electron chi connectivity index (χ2n) is 37.7. The van der Waals surface area contributed by atoms with E-state index in [1.54, 1.807) is 48.9 Å². The maximum absolute atomic E-state index is 13.6. The molecule has 0 aliphatic rings. The molecule has 20 heteroatoms. The van der Waals surface area contributed by atoms with Gasteiger partial charge in [-0.25, -0.2) is 33.1 Å². The lowest BCUT2D eigenvalue weighted by atomic mass is 9.88. The summed E-state index contributed by atoms with van der Waals surface area (Å²) >= 11 is 0. The van der Waals surface area contributed by atoms with Crippen molar-refractivity contribution < 1.29 is 53.7 Å². The zero-order chi connectivity index (χ0) is 92.5. The number of halogens is 9. The largest absolute Gasteiger partial charge is 0.438 e. The van der Waals surface area contributed by atoms with E-state index in [-0.39, 0.29) is 60.6 Å². The normalized spacial score (nSPS) is 11.8. The zero-order valence-corrected chi connectivity index (χ0v) is 76.9. The highest BCUT2D eigenvalue weighted by Crippen LogP contribution is 2.39. The van der Waals surface area contributed by atoms with E-state index in [9.17, 15) is 39.5 Å². The van der Waals surface area contributed by atoms with Gasteiger partial charge in [-0.3, -0.25) is 19.9 Å². The van der Waals surface area contributed by atoms with E-state index in [4.69, 9.17) is 14.2 Å². The summed E-state index contributed by atoms with van der Waals surface area (Å²) in [6.45, 7) is 57.9. The van der Waals surface area contributed by atoms with Crippen LogP contribution in [-0.2, 0) is 62.1 Å². The SMILES string of the molecule is CC(C)(C)c1ccc(-c2ccccc2)cn1.CC(C)(C)c1ccc(C(F)(F)F)cn1.CC(C)(C)c1cccc(C(F)(F)F)n1.CC(C)(C)c1cccnc1Oc1ccc(F)cc1F.CC(C)(C)c1cccnc1Oc1ccccc1F.CCc1cccc(C(C)(C)C)n1.Cc1cccc(C(C)(C)C)n1.Cc1cccc(Oc2ncccc2C(C)(C)C)c1C. The molecule has 0 spiro atoms. The number of para-hydroxylation sites is 1. The molecule has 0 aliphatic heterocycles. The topological polar surface area (TPSA) is 131 Å². The molecule has 0 radical (unpaired) electrons. The average Bonchev–Trinajstić information content (AvgIpc) is 0.836. The van der Waals surface area contributed by atoms with Crippen LogP contribution in [0.5, 0.6) is 34.9 Å². The van der Waals surface area contributed by atoms with Crippen molar-refractivity contribution in [1.82, 2.24) is 39.9 Å². The van der Waals surface area contributed by atoms with Crippen LogP contribution in [0.3, 0.4) is 0 Å². The number of nitrogens with zero attached hydrogens (tertiary/aromatic N) is 8. The van der Waals surface area contributed by atoms with Crippen LogP contribution in [-0.4, -0.2) is 39.9 Å². The first-order valence-corrected chi connectivity index (χ1v) is 41.0. The lowest BCUT2D eigenvalue weighted by Gasteiger charge is -2.22. The van der Waals surface area contributed by atoms with Crippen LogP contribution >= 0.6 is 0 Å². The lowest BCUT2D eigenvalue weighted by Crippen LogP contribution is -2.17. The second-order valence-corrected chi connectivity index (χ2v) is 37.7. The van der Waals surface area contributed by atoms with Crippen LogP contribution in [0.4, 0.5) is 39.5 Å². The van der Waals surface area contributed by atoms with Crippen molar-refractivity contribution >= 4 is 0 Å². The fraction of sp³-hybridized carbons (Fsp3) is 0.379. The van der Waals surface area contributed by atoms with Gasteiger partial charge < -0.3 is 14.2 Å². The maximum atomic E-state index is 13.6. The molecule has 0 N–H and O–H groups in total. The fourth-order valence-corrected chi connectivity index (χ4v) is 11.1. The summed E-state index contributed by atoms with van der Waals surface area (Å²) in [5, 5.41) is 0. The summed E-state index contributed by atoms with van der Waals surface area (Å²) in [5.41, 5.74) is 12.7. The minimum atomic E-state index is -4.36. The van der Waals surface area contributed by atoms with E-state index in [1.165, 1.54) is 52.3 Å². The first-order valence-electron chi connectivity index (χ1n) is 41.0. The Kier molecular flexibility index (Phi) is 36.4. The molecular weight excluding hydrogens is 1570 g/mol. The predicted octanol–water partition coefficient (Wildman–Crippen LogP) is 30.0. The highest BCUT2D eigenvalue weighted by atomic mass is 19.4. The molecule has 0 aliphatic carbocycles. The van der Waals surface area contributed by atoms with Crippen molar-refractivity contribution in [1.29, 1.82) is 0 Å². The van der Waals surface area contributed by atoms with Gasteiger partial charge in [0.25, 0.3) is 0 Å². The van der Waals surface area contributed by atoms with E-state index >= 15 is 0 Å². The Labute approximate surface area is 725 Å². The van der Waals surface area contributed by atoms with Crippen molar-refractivity contribution in [2.75, 3.05) is 0 Å². The van der Waals surface area contributed by atoms with Gasteiger partial charge in [-0.15, -0.1) is 0 Å². The molecule has 658 valence electrons. The molecule has 0 unspecified atom stereocenters. The van der Waals surface area contributed by atoms with Gasteiger partial charge in [-0.05, 0) is 163 Å². The monoisotopic (exact) mass is 1690 g/mol.